The highest BCUT2D eigenvalue weighted by molar-refractivity contribution is 5.93. The minimum absolute atomic E-state index is 0.0238. The van der Waals surface area contributed by atoms with E-state index in [9.17, 15) is 24.0 Å². The molecule has 0 saturated carbocycles. The quantitative estimate of drug-likeness (QED) is 0.0260. The molecule has 0 spiro atoms. The number of unbranched alkanes of at least 4 members (excludes halogenated alkanes) is 1. The molecule has 6 rings (SSSR count). The van der Waals surface area contributed by atoms with Crippen LogP contribution in [0.1, 0.15) is 124 Å². The average molecular weight is 950 g/mol. The molecule has 0 saturated heterocycles. The van der Waals surface area contributed by atoms with Gasteiger partial charge in [0.05, 0.1) is 33.5 Å². The number of benzene rings is 3. The molecule has 0 aliphatic heterocycles. The number of hydrogen-bond acceptors (Lipinski definition) is 16. The molecule has 0 radical (unpaired) electrons. The van der Waals surface area contributed by atoms with Crippen molar-refractivity contribution in [2.45, 2.75) is 83.6 Å². The fraction of sp³-hybridized carbons (Fsp3) is 0.347. The van der Waals surface area contributed by atoms with Gasteiger partial charge in [0.2, 0.25) is 17.7 Å². The Morgan fingerprint density at radius 1 is 0.565 bits per heavy atom. The van der Waals surface area contributed by atoms with Crippen molar-refractivity contribution in [2.75, 3.05) is 26.9 Å². The number of alkyl carbamates (subject to hydrolysis) is 2. The van der Waals surface area contributed by atoms with Gasteiger partial charge in [0, 0.05) is 6.54 Å². The van der Waals surface area contributed by atoms with Crippen LogP contribution in [0.25, 0.3) is 0 Å². The molecule has 3 atom stereocenters. The van der Waals surface area contributed by atoms with Crippen LogP contribution in [0.2, 0.25) is 0 Å². The van der Waals surface area contributed by atoms with Gasteiger partial charge in [-0.2, -0.15) is 0 Å². The molecule has 20 heteroatoms. The highest BCUT2D eigenvalue weighted by atomic mass is 16.6. The summed E-state index contributed by atoms with van der Waals surface area (Å²) in [6.45, 7) is 5.73. The second kappa shape index (κ2) is 25.3. The maximum absolute atomic E-state index is 13.9. The van der Waals surface area contributed by atoms with Gasteiger partial charge >= 0.3 is 18.2 Å². The van der Waals surface area contributed by atoms with E-state index < -0.39 is 53.7 Å². The van der Waals surface area contributed by atoms with Crippen molar-refractivity contribution in [3.05, 3.63) is 161 Å². The van der Waals surface area contributed by atoms with Gasteiger partial charge in [-0.05, 0) is 56.7 Å². The Bertz CT molecular complexity index is 2560. The second-order valence-electron chi connectivity index (χ2n) is 16.4. The highest BCUT2D eigenvalue weighted by Gasteiger charge is 2.29. The smallest absolute Gasteiger partial charge is 0.408 e. The zero-order valence-electron chi connectivity index (χ0n) is 38.6. The standard InChI is InChI=1S/C49H55N7O13/c1-49(2,3)69-48(61)56-35(22-14-15-23-50-47(60)68-26-34-20-12-7-13-21-34)43-53-36(29-65-43)41(57)51-38(27-63-24-32-16-8-5-9-17-32)44-54-37(30-66-44)42(58)52-39(28-64-25-33-18-10-6-11-19-33)45-55-40(31-67-45)46(59)62-4/h5-13,16-21,29-31,35,38-39H,14-15,22-28H2,1-4H3,(H,50,60)(H,51,57)(H,52,58)(H,56,61)/t35-,38-,39-/m0/s1. The molecule has 0 bridgehead atoms. The van der Waals surface area contributed by atoms with Crippen molar-refractivity contribution in [1.29, 1.82) is 0 Å². The molecule has 4 N–H and O–H groups in total. The number of carbonyl (C=O) groups is 5. The number of rotatable bonds is 24. The van der Waals surface area contributed by atoms with Crippen LogP contribution in [0, 0.1) is 0 Å². The van der Waals surface area contributed by atoms with E-state index in [1.807, 2.05) is 91.0 Å². The number of carbonyl (C=O) groups excluding carboxylic acids is 5. The number of esters is 1. The molecular formula is C49H55N7O13. The third-order valence-corrected chi connectivity index (χ3v) is 9.82. The fourth-order valence-electron chi connectivity index (χ4n) is 6.45. The normalized spacial score (nSPS) is 12.5. The van der Waals surface area contributed by atoms with Crippen LogP contribution in [-0.4, -0.2) is 77.4 Å². The number of methoxy groups -OCH3 is 1. The number of amides is 4. The van der Waals surface area contributed by atoms with Gasteiger partial charge in [-0.1, -0.05) is 91.0 Å². The first-order chi connectivity index (χ1) is 33.3. The topological polar surface area (TPSA) is 258 Å². The van der Waals surface area contributed by atoms with Gasteiger partial charge in [0.15, 0.2) is 17.1 Å². The van der Waals surface area contributed by atoms with Crippen molar-refractivity contribution in [2.24, 2.45) is 0 Å². The fourth-order valence-corrected chi connectivity index (χ4v) is 6.45. The second-order valence-corrected chi connectivity index (χ2v) is 16.4. The first-order valence-corrected chi connectivity index (χ1v) is 22.1. The van der Waals surface area contributed by atoms with E-state index in [2.05, 4.69) is 36.2 Å². The molecule has 3 heterocycles. The number of oxazole rings is 3. The van der Waals surface area contributed by atoms with Crippen molar-refractivity contribution in [1.82, 2.24) is 36.2 Å². The predicted molar refractivity (Wildman–Crippen MR) is 244 cm³/mol. The minimum Gasteiger partial charge on any atom is -0.464 e. The van der Waals surface area contributed by atoms with E-state index in [1.54, 1.807) is 20.8 Å². The first kappa shape index (κ1) is 50.6. The number of nitrogens with zero attached hydrogens (tertiary/aromatic N) is 3. The third kappa shape index (κ3) is 16.5. The van der Waals surface area contributed by atoms with Crippen molar-refractivity contribution in [3.8, 4) is 0 Å². The summed E-state index contributed by atoms with van der Waals surface area (Å²) in [5.74, 6) is -2.23. The zero-order chi connectivity index (χ0) is 49.0. The summed E-state index contributed by atoms with van der Waals surface area (Å²) in [6, 6.07) is 25.2. The molecule has 3 aromatic carbocycles. The number of nitrogens with one attached hydrogen (secondary N) is 4. The molecule has 3 aromatic heterocycles. The van der Waals surface area contributed by atoms with E-state index in [-0.39, 0.29) is 67.8 Å². The Labute approximate surface area is 397 Å². The van der Waals surface area contributed by atoms with Gasteiger partial charge in [-0.15, -0.1) is 0 Å². The van der Waals surface area contributed by atoms with Crippen molar-refractivity contribution in [3.63, 3.8) is 0 Å². The molecule has 0 fully saturated rings. The van der Waals surface area contributed by atoms with E-state index in [4.69, 9.17) is 36.9 Å². The molecule has 364 valence electrons. The van der Waals surface area contributed by atoms with Gasteiger partial charge in [0.1, 0.15) is 49.1 Å². The van der Waals surface area contributed by atoms with Gasteiger partial charge in [-0.3, -0.25) is 9.59 Å². The molecule has 20 nitrogen and oxygen atoms in total. The molecule has 0 unspecified atom stereocenters. The van der Waals surface area contributed by atoms with Gasteiger partial charge in [0.25, 0.3) is 11.8 Å². The van der Waals surface area contributed by atoms with E-state index in [0.29, 0.717) is 25.8 Å². The molecule has 0 aliphatic carbocycles. The summed E-state index contributed by atoms with van der Waals surface area (Å²) in [5.41, 5.74) is 1.38. The molecular weight excluding hydrogens is 895 g/mol. The third-order valence-electron chi connectivity index (χ3n) is 9.82. The molecule has 0 aliphatic rings. The van der Waals surface area contributed by atoms with Crippen LogP contribution in [0.5, 0.6) is 0 Å². The summed E-state index contributed by atoms with van der Waals surface area (Å²) < 4.78 is 44.4. The monoisotopic (exact) mass is 949 g/mol. The number of hydrogen-bond donors (Lipinski definition) is 4. The number of ether oxygens (including phenoxy) is 5. The average Bonchev–Trinajstić information content (AvgIpc) is 4.16. The lowest BCUT2D eigenvalue weighted by molar-refractivity contribution is 0.0490. The first-order valence-electron chi connectivity index (χ1n) is 22.1. The summed E-state index contributed by atoms with van der Waals surface area (Å²) in [6.07, 6.45) is 3.40. The maximum Gasteiger partial charge on any atom is 0.408 e. The van der Waals surface area contributed by atoms with Crippen LogP contribution >= 0.6 is 0 Å². The van der Waals surface area contributed by atoms with Gasteiger partial charge in [-0.25, -0.2) is 29.3 Å². The van der Waals surface area contributed by atoms with Crippen molar-refractivity contribution >= 4 is 30.0 Å². The zero-order valence-corrected chi connectivity index (χ0v) is 38.6. The highest BCUT2D eigenvalue weighted by Crippen LogP contribution is 2.23. The lowest BCUT2D eigenvalue weighted by Gasteiger charge is -2.22. The Morgan fingerprint density at radius 3 is 1.49 bits per heavy atom. The number of aromatic nitrogens is 3. The Kier molecular flexibility index (Phi) is 18.6. The molecule has 6 aromatic rings. The van der Waals surface area contributed by atoms with Crippen LogP contribution < -0.4 is 21.3 Å². The Balaban J connectivity index is 1.12. The largest absolute Gasteiger partial charge is 0.464 e. The lowest BCUT2D eigenvalue weighted by atomic mass is 10.1. The van der Waals surface area contributed by atoms with Crippen LogP contribution in [-0.2, 0) is 43.5 Å². The van der Waals surface area contributed by atoms with E-state index in [1.165, 1.54) is 7.11 Å². The molecule has 69 heavy (non-hydrogen) atoms. The summed E-state index contributed by atoms with van der Waals surface area (Å²) in [4.78, 5) is 77.9. The lowest BCUT2D eigenvalue weighted by Crippen LogP contribution is -2.35. The Hall–Kier alpha value is -7.84. The summed E-state index contributed by atoms with van der Waals surface area (Å²) >= 11 is 0. The maximum atomic E-state index is 13.9. The predicted octanol–water partition coefficient (Wildman–Crippen LogP) is 7.48. The van der Waals surface area contributed by atoms with E-state index >= 15 is 0 Å². The SMILES string of the molecule is COC(=O)c1coc([C@H](COCc2ccccc2)NC(=O)c2coc([C@H](COCc3ccccc3)NC(=O)c3coc([C@H](CCCCNC(=O)OCc4ccccc4)NC(=O)OC(C)(C)C)n3)n2)n1. The van der Waals surface area contributed by atoms with Crippen molar-refractivity contribution < 1.29 is 60.9 Å². The van der Waals surface area contributed by atoms with Crippen LogP contribution in [0.4, 0.5) is 9.59 Å². The van der Waals surface area contributed by atoms with E-state index in [0.717, 1.165) is 35.5 Å². The molecule has 4 amide bonds. The summed E-state index contributed by atoms with van der Waals surface area (Å²) in [7, 11) is 1.20. The minimum atomic E-state index is -1.05. The van der Waals surface area contributed by atoms with Gasteiger partial charge < -0.3 is 58.2 Å². The van der Waals surface area contributed by atoms with Crippen LogP contribution in [0.3, 0.4) is 0 Å². The summed E-state index contributed by atoms with van der Waals surface area (Å²) in [5, 5.41) is 11.1. The Morgan fingerprint density at radius 2 is 1.01 bits per heavy atom. The van der Waals surface area contributed by atoms with Crippen LogP contribution in [0.15, 0.2) is 123 Å².